The minimum absolute atomic E-state index is 0.0496. The maximum absolute atomic E-state index is 13.5. The SMILES string of the molecule is COC(=O)C1CC(Oc2nc(C(F)(F)F)nc3cc(OC)c(OC)cc23)CN1C(=O)OC(C)(C)C. The Labute approximate surface area is 199 Å². The average molecular weight is 501 g/mol. The molecule has 192 valence electrons. The quantitative estimate of drug-likeness (QED) is 0.568. The van der Waals surface area contributed by atoms with Crippen molar-refractivity contribution >= 4 is 23.0 Å². The van der Waals surface area contributed by atoms with Crippen molar-refractivity contribution in [2.24, 2.45) is 0 Å². The van der Waals surface area contributed by atoms with E-state index in [0.717, 1.165) is 12.0 Å². The van der Waals surface area contributed by atoms with E-state index in [2.05, 4.69) is 9.97 Å². The second-order valence-electron chi connectivity index (χ2n) is 8.72. The first-order valence-electron chi connectivity index (χ1n) is 10.5. The Morgan fingerprint density at radius 2 is 1.66 bits per heavy atom. The second-order valence-corrected chi connectivity index (χ2v) is 8.72. The van der Waals surface area contributed by atoms with Gasteiger partial charge in [0.05, 0.1) is 38.8 Å². The smallest absolute Gasteiger partial charge is 0.451 e. The number of hydrogen-bond donors (Lipinski definition) is 0. The summed E-state index contributed by atoms with van der Waals surface area (Å²) in [4.78, 5) is 33.3. The summed E-state index contributed by atoms with van der Waals surface area (Å²) in [7, 11) is 3.87. The lowest BCUT2D eigenvalue weighted by molar-refractivity contribution is -0.146. The molecule has 0 radical (unpaired) electrons. The first kappa shape index (κ1) is 26.1. The fourth-order valence-corrected chi connectivity index (χ4v) is 3.57. The van der Waals surface area contributed by atoms with Gasteiger partial charge in [0, 0.05) is 12.5 Å². The number of carbonyl (C=O) groups excluding carboxylic acids is 2. The van der Waals surface area contributed by atoms with Crippen molar-refractivity contribution in [3.05, 3.63) is 18.0 Å². The number of halogens is 3. The standard InChI is InChI=1S/C22H26F3N3O7/c1-21(2,3)35-20(30)28-10-11(7-14(28)18(29)33-6)34-17-12-8-15(31-4)16(32-5)9-13(12)26-19(27-17)22(23,24)25/h8-9,11,14H,7,10H2,1-6H3. The summed E-state index contributed by atoms with van der Waals surface area (Å²) in [5.74, 6) is -2.12. The highest BCUT2D eigenvalue weighted by atomic mass is 19.4. The molecule has 1 amide bonds. The predicted octanol–water partition coefficient (Wildman–Crippen LogP) is 3.60. The maximum atomic E-state index is 13.5. The normalized spacial score (nSPS) is 18.4. The van der Waals surface area contributed by atoms with Gasteiger partial charge in [0.1, 0.15) is 17.7 Å². The number of esters is 1. The molecule has 1 saturated heterocycles. The number of benzene rings is 1. The van der Waals surface area contributed by atoms with Crippen molar-refractivity contribution in [1.29, 1.82) is 0 Å². The molecule has 0 bridgehead atoms. The zero-order valence-electron chi connectivity index (χ0n) is 20.1. The first-order chi connectivity index (χ1) is 16.3. The molecule has 0 saturated carbocycles. The van der Waals surface area contributed by atoms with Gasteiger partial charge >= 0.3 is 18.2 Å². The lowest BCUT2D eigenvalue weighted by Crippen LogP contribution is -2.44. The Bertz CT molecular complexity index is 1120. The molecule has 1 fully saturated rings. The number of methoxy groups -OCH3 is 3. The van der Waals surface area contributed by atoms with Crippen LogP contribution in [0.1, 0.15) is 33.0 Å². The number of alkyl halides is 3. The molecule has 13 heteroatoms. The Kier molecular flexibility index (Phi) is 7.18. The summed E-state index contributed by atoms with van der Waals surface area (Å²) in [6.45, 7) is 4.84. The number of ether oxygens (including phenoxy) is 5. The second kappa shape index (κ2) is 9.62. The zero-order valence-corrected chi connectivity index (χ0v) is 20.1. The highest BCUT2D eigenvalue weighted by molar-refractivity contribution is 5.87. The molecule has 2 aromatic rings. The topological polar surface area (TPSA) is 109 Å². The molecular formula is C22H26F3N3O7. The number of carbonyl (C=O) groups is 2. The van der Waals surface area contributed by atoms with Gasteiger partial charge < -0.3 is 23.7 Å². The van der Waals surface area contributed by atoms with E-state index in [0.29, 0.717) is 0 Å². The third-order valence-electron chi connectivity index (χ3n) is 5.06. The lowest BCUT2D eigenvalue weighted by atomic mass is 10.2. The third-order valence-corrected chi connectivity index (χ3v) is 5.06. The van der Waals surface area contributed by atoms with E-state index in [4.69, 9.17) is 23.7 Å². The van der Waals surface area contributed by atoms with E-state index >= 15 is 0 Å². The van der Waals surface area contributed by atoms with Gasteiger partial charge in [-0.1, -0.05) is 0 Å². The Morgan fingerprint density at radius 3 is 2.20 bits per heavy atom. The molecule has 1 aromatic carbocycles. The zero-order chi connectivity index (χ0) is 26.1. The lowest BCUT2D eigenvalue weighted by Gasteiger charge is -2.27. The summed E-state index contributed by atoms with van der Waals surface area (Å²) < 4.78 is 66.9. The fraction of sp³-hybridized carbons (Fsp3) is 0.545. The van der Waals surface area contributed by atoms with Gasteiger partial charge in [-0.3, -0.25) is 4.90 Å². The monoisotopic (exact) mass is 501 g/mol. The minimum Gasteiger partial charge on any atom is -0.493 e. The van der Waals surface area contributed by atoms with Crippen LogP contribution in [0.25, 0.3) is 10.9 Å². The molecule has 0 spiro atoms. The molecule has 1 aliphatic heterocycles. The van der Waals surface area contributed by atoms with Crippen LogP contribution in [-0.4, -0.2) is 72.6 Å². The highest BCUT2D eigenvalue weighted by Crippen LogP contribution is 2.38. The van der Waals surface area contributed by atoms with E-state index < -0.39 is 41.8 Å². The van der Waals surface area contributed by atoms with Crippen LogP contribution in [0.4, 0.5) is 18.0 Å². The molecule has 35 heavy (non-hydrogen) atoms. The Hall–Kier alpha value is -3.51. The molecule has 0 aliphatic carbocycles. The number of nitrogens with zero attached hydrogens (tertiary/aromatic N) is 3. The summed E-state index contributed by atoms with van der Waals surface area (Å²) in [5.41, 5.74) is -0.928. The van der Waals surface area contributed by atoms with Crippen LogP contribution in [0.2, 0.25) is 0 Å². The third kappa shape index (κ3) is 5.77. The van der Waals surface area contributed by atoms with E-state index in [1.165, 1.54) is 26.4 Å². The summed E-state index contributed by atoms with van der Waals surface area (Å²) in [6, 6.07) is 1.61. The van der Waals surface area contributed by atoms with Gasteiger partial charge in [0.25, 0.3) is 0 Å². The molecule has 1 aliphatic rings. The van der Waals surface area contributed by atoms with Crippen LogP contribution in [0.5, 0.6) is 17.4 Å². The molecule has 2 atom stereocenters. The average Bonchev–Trinajstić information content (AvgIpc) is 3.19. The van der Waals surface area contributed by atoms with Gasteiger partial charge in [-0.05, 0) is 26.8 Å². The van der Waals surface area contributed by atoms with Crippen molar-refractivity contribution < 1.29 is 46.4 Å². The predicted molar refractivity (Wildman–Crippen MR) is 115 cm³/mol. The van der Waals surface area contributed by atoms with Crippen molar-refractivity contribution in [2.45, 2.75) is 51.1 Å². The first-order valence-corrected chi connectivity index (χ1v) is 10.5. The number of amides is 1. The highest BCUT2D eigenvalue weighted by Gasteiger charge is 2.44. The van der Waals surface area contributed by atoms with Crippen molar-refractivity contribution in [2.75, 3.05) is 27.9 Å². The number of hydrogen-bond acceptors (Lipinski definition) is 9. The summed E-state index contributed by atoms with van der Waals surface area (Å²) in [6.07, 6.45) is -6.58. The maximum Gasteiger partial charge on any atom is 0.451 e. The molecule has 0 N–H and O–H groups in total. The van der Waals surface area contributed by atoms with Crippen molar-refractivity contribution in [1.82, 2.24) is 14.9 Å². The van der Waals surface area contributed by atoms with Crippen LogP contribution >= 0.6 is 0 Å². The number of aromatic nitrogens is 2. The largest absolute Gasteiger partial charge is 0.493 e. The number of rotatable bonds is 5. The van der Waals surface area contributed by atoms with E-state index in [1.54, 1.807) is 20.8 Å². The Balaban J connectivity index is 2.02. The van der Waals surface area contributed by atoms with Gasteiger partial charge in [-0.2, -0.15) is 18.2 Å². The molecule has 3 rings (SSSR count). The van der Waals surface area contributed by atoms with Crippen LogP contribution in [-0.2, 0) is 20.4 Å². The van der Waals surface area contributed by atoms with Gasteiger partial charge in [-0.25, -0.2) is 14.6 Å². The molecular weight excluding hydrogens is 475 g/mol. The van der Waals surface area contributed by atoms with Crippen LogP contribution in [0.3, 0.4) is 0 Å². The van der Waals surface area contributed by atoms with Crippen molar-refractivity contribution in [3.63, 3.8) is 0 Å². The minimum atomic E-state index is -4.85. The Morgan fingerprint density at radius 1 is 1.03 bits per heavy atom. The summed E-state index contributed by atoms with van der Waals surface area (Å²) in [5, 5.41) is 0.126. The van der Waals surface area contributed by atoms with Crippen LogP contribution in [0.15, 0.2) is 12.1 Å². The van der Waals surface area contributed by atoms with Crippen LogP contribution < -0.4 is 14.2 Å². The van der Waals surface area contributed by atoms with E-state index in [9.17, 15) is 22.8 Å². The van der Waals surface area contributed by atoms with Gasteiger partial charge in [0.2, 0.25) is 11.7 Å². The molecule has 2 heterocycles. The molecule has 1 aromatic heterocycles. The van der Waals surface area contributed by atoms with E-state index in [1.807, 2.05) is 0 Å². The number of likely N-dealkylation sites (tertiary alicyclic amines) is 1. The van der Waals surface area contributed by atoms with Gasteiger partial charge in [-0.15, -0.1) is 0 Å². The summed E-state index contributed by atoms with van der Waals surface area (Å²) >= 11 is 0. The van der Waals surface area contributed by atoms with E-state index in [-0.39, 0.29) is 41.2 Å². The fourth-order valence-electron chi connectivity index (χ4n) is 3.57. The molecule has 2 unspecified atom stereocenters. The van der Waals surface area contributed by atoms with Crippen molar-refractivity contribution in [3.8, 4) is 17.4 Å². The number of fused-ring (bicyclic) bond motifs is 1. The van der Waals surface area contributed by atoms with Crippen LogP contribution in [0, 0.1) is 0 Å². The van der Waals surface area contributed by atoms with Gasteiger partial charge in [0.15, 0.2) is 11.5 Å². The molecule has 10 nitrogen and oxygen atoms in total.